The lowest BCUT2D eigenvalue weighted by Crippen LogP contribution is -2.19. The SMILES string of the molecule is CPC.[B][C@@H](C(=O)Oc1c(Cl)cccc1Cl)c1ccccc1. The fourth-order valence-corrected chi connectivity index (χ4v) is 2.02. The number of ether oxygens (including phenoxy) is 1. The molecule has 22 heavy (non-hydrogen) atoms. The normalized spacial score (nSPS) is 11.1. The van der Waals surface area contributed by atoms with Crippen LogP contribution in [0.2, 0.25) is 10.0 Å². The Labute approximate surface area is 144 Å². The van der Waals surface area contributed by atoms with Crippen LogP contribution in [0.25, 0.3) is 0 Å². The zero-order valence-corrected chi connectivity index (χ0v) is 14.9. The van der Waals surface area contributed by atoms with Gasteiger partial charge in [0.25, 0.3) is 0 Å². The summed E-state index contributed by atoms with van der Waals surface area (Å²) >= 11 is 11.8. The first kappa shape index (κ1) is 19.0. The third-order valence-electron chi connectivity index (χ3n) is 2.53. The molecule has 2 nitrogen and oxygen atoms in total. The summed E-state index contributed by atoms with van der Waals surface area (Å²) in [5, 5.41) is 0.530. The van der Waals surface area contributed by atoms with Gasteiger partial charge in [0.15, 0.2) is 5.75 Å². The van der Waals surface area contributed by atoms with Gasteiger partial charge in [-0.3, -0.25) is 4.79 Å². The molecule has 0 aliphatic heterocycles. The molecule has 0 spiro atoms. The number of halogens is 2. The van der Waals surface area contributed by atoms with E-state index in [2.05, 4.69) is 13.3 Å². The minimum atomic E-state index is -0.881. The van der Waals surface area contributed by atoms with Gasteiger partial charge in [0.1, 0.15) is 0 Å². The fraction of sp³-hybridized carbons (Fsp3) is 0.188. The van der Waals surface area contributed by atoms with Gasteiger partial charge in [0.05, 0.1) is 17.9 Å². The number of benzene rings is 2. The molecule has 0 unspecified atom stereocenters. The molecule has 2 aromatic carbocycles. The van der Waals surface area contributed by atoms with Crippen molar-refractivity contribution in [3.8, 4) is 5.75 Å². The lowest BCUT2D eigenvalue weighted by molar-refractivity contribution is -0.134. The zero-order valence-electron chi connectivity index (χ0n) is 12.3. The lowest BCUT2D eigenvalue weighted by Gasteiger charge is -2.13. The van der Waals surface area contributed by atoms with Gasteiger partial charge in [0.2, 0.25) is 0 Å². The van der Waals surface area contributed by atoms with Crippen LogP contribution in [0.1, 0.15) is 11.4 Å². The van der Waals surface area contributed by atoms with Crippen LogP contribution in [-0.4, -0.2) is 27.1 Å². The Morgan fingerprint density at radius 1 is 1.05 bits per heavy atom. The first-order chi connectivity index (χ1) is 10.5. The van der Waals surface area contributed by atoms with E-state index < -0.39 is 11.8 Å². The predicted molar refractivity (Wildman–Crippen MR) is 97.2 cm³/mol. The summed E-state index contributed by atoms with van der Waals surface area (Å²) in [4.78, 5) is 12.0. The Bertz CT molecular complexity index is 588. The Balaban J connectivity index is 0.000000745. The molecule has 2 rings (SSSR count). The van der Waals surface area contributed by atoms with E-state index >= 15 is 0 Å². The maximum atomic E-state index is 12.0. The van der Waals surface area contributed by atoms with E-state index in [0.29, 0.717) is 5.56 Å². The minimum Gasteiger partial charge on any atom is -0.423 e. The molecule has 0 amide bonds. The molecule has 2 aromatic rings. The summed E-state index contributed by atoms with van der Waals surface area (Å²) in [5.41, 5.74) is 0.663. The number of esters is 1. The standard InChI is InChI=1S/C14H9BCl2O2.C2H7P/c15-12(9-5-2-1-3-6-9)14(18)19-13-10(16)7-4-8-11(13)17;1-3-2/h1-8,12H;3H,1-2H3/t12-;/m1./s1. The topological polar surface area (TPSA) is 26.3 Å². The van der Waals surface area contributed by atoms with Crippen molar-refractivity contribution in [1.29, 1.82) is 0 Å². The Kier molecular flexibility index (Phi) is 8.56. The van der Waals surface area contributed by atoms with Gasteiger partial charge in [-0.05, 0) is 31.0 Å². The summed E-state index contributed by atoms with van der Waals surface area (Å²) in [6.45, 7) is 4.31. The van der Waals surface area contributed by atoms with Crippen molar-refractivity contribution < 1.29 is 9.53 Å². The summed E-state index contributed by atoms with van der Waals surface area (Å²) in [5.74, 6) is -1.36. The van der Waals surface area contributed by atoms with E-state index in [-0.39, 0.29) is 15.8 Å². The quantitative estimate of drug-likeness (QED) is 0.345. The summed E-state index contributed by atoms with van der Waals surface area (Å²) in [7, 11) is 6.91. The van der Waals surface area contributed by atoms with E-state index in [9.17, 15) is 4.79 Å². The number of rotatable bonds is 3. The Morgan fingerprint density at radius 2 is 1.55 bits per heavy atom. The van der Waals surface area contributed by atoms with Gasteiger partial charge in [-0.1, -0.05) is 59.6 Å². The van der Waals surface area contributed by atoms with Gasteiger partial charge in [-0.2, -0.15) is 0 Å². The second kappa shape index (κ2) is 9.89. The molecule has 0 fully saturated rings. The van der Waals surface area contributed by atoms with Gasteiger partial charge in [-0.15, -0.1) is 8.58 Å². The molecule has 114 valence electrons. The molecule has 1 atom stereocenters. The van der Waals surface area contributed by atoms with Crippen LogP contribution < -0.4 is 4.74 Å². The zero-order chi connectivity index (χ0) is 16.5. The average Bonchev–Trinajstić information content (AvgIpc) is 2.52. The summed E-state index contributed by atoms with van der Waals surface area (Å²) < 4.78 is 5.16. The molecule has 0 saturated heterocycles. The molecular formula is C16H16BCl2O2P. The van der Waals surface area contributed by atoms with Crippen molar-refractivity contribution in [3.05, 3.63) is 64.1 Å². The first-order valence-electron chi connectivity index (χ1n) is 6.56. The molecule has 2 radical (unpaired) electrons. The summed E-state index contributed by atoms with van der Waals surface area (Å²) in [6.07, 6.45) is 0. The number of hydrogen-bond donors (Lipinski definition) is 0. The van der Waals surface area contributed by atoms with Crippen LogP contribution in [0.3, 0.4) is 0 Å². The molecule has 0 aliphatic rings. The highest BCUT2D eigenvalue weighted by molar-refractivity contribution is 7.35. The second-order valence-electron chi connectivity index (χ2n) is 4.36. The van der Waals surface area contributed by atoms with Crippen LogP contribution in [0.15, 0.2) is 48.5 Å². The van der Waals surface area contributed by atoms with Crippen LogP contribution in [0, 0.1) is 0 Å². The largest absolute Gasteiger partial charge is 0.423 e. The highest BCUT2D eigenvalue weighted by Gasteiger charge is 2.19. The van der Waals surface area contributed by atoms with Gasteiger partial charge < -0.3 is 4.74 Å². The maximum absolute atomic E-state index is 12.0. The van der Waals surface area contributed by atoms with Gasteiger partial charge >= 0.3 is 5.97 Å². The van der Waals surface area contributed by atoms with Gasteiger partial charge in [-0.25, -0.2) is 0 Å². The molecule has 0 aromatic heterocycles. The van der Waals surface area contributed by atoms with E-state index in [4.69, 9.17) is 35.8 Å². The average molecular weight is 353 g/mol. The second-order valence-corrected chi connectivity index (χ2v) is 6.17. The molecule has 0 aliphatic carbocycles. The third kappa shape index (κ3) is 5.64. The Morgan fingerprint density at radius 3 is 2.05 bits per heavy atom. The van der Waals surface area contributed by atoms with Crippen molar-refractivity contribution in [1.82, 2.24) is 0 Å². The van der Waals surface area contributed by atoms with Crippen molar-refractivity contribution in [2.75, 3.05) is 13.3 Å². The number of carbonyl (C=O) groups is 1. The fourth-order valence-electron chi connectivity index (χ4n) is 1.54. The molecule has 0 bridgehead atoms. The monoisotopic (exact) mass is 352 g/mol. The molecule has 6 heteroatoms. The van der Waals surface area contributed by atoms with Crippen LogP contribution >= 0.6 is 31.8 Å². The Hall–Kier alpha value is -1.02. The van der Waals surface area contributed by atoms with Crippen molar-refractivity contribution >= 4 is 45.6 Å². The molecule has 0 N–H and O–H groups in total. The van der Waals surface area contributed by atoms with Crippen LogP contribution in [-0.2, 0) is 4.79 Å². The number of carbonyl (C=O) groups excluding carboxylic acids is 1. The van der Waals surface area contributed by atoms with Crippen molar-refractivity contribution in [2.45, 2.75) is 5.82 Å². The third-order valence-corrected chi connectivity index (χ3v) is 3.13. The van der Waals surface area contributed by atoms with E-state index in [0.717, 1.165) is 8.58 Å². The van der Waals surface area contributed by atoms with E-state index in [1.165, 1.54) is 0 Å². The molecular weight excluding hydrogens is 337 g/mol. The van der Waals surface area contributed by atoms with Gasteiger partial charge in [0, 0.05) is 5.82 Å². The number of para-hydroxylation sites is 1. The smallest absolute Gasteiger partial charge is 0.309 e. The highest BCUT2D eigenvalue weighted by atomic mass is 35.5. The predicted octanol–water partition coefficient (Wildman–Crippen LogP) is 4.73. The lowest BCUT2D eigenvalue weighted by atomic mass is 9.81. The first-order valence-corrected chi connectivity index (χ1v) is 9.31. The van der Waals surface area contributed by atoms with Crippen molar-refractivity contribution in [3.63, 3.8) is 0 Å². The highest BCUT2D eigenvalue weighted by Crippen LogP contribution is 2.33. The van der Waals surface area contributed by atoms with Crippen molar-refractivity contribution in [2.24, 2.45) is 0 Å². The molecule has 0 saturated carbocycles. The minimum absolute atomic E-state index is 0.127. The maximum Gasteiger partial charge on any atom is 0.309 e. The number of hydrogen-bond acceptors (Lipinski definition) is 2. The van der Waals surface area contributed by atoms with E-state index in [1.807, 2.05) is 6.07 Å². The molecule has 0 heterocycles. The van der Waals surface area contributed by atoms with Crippen LogP contribution in [0.4, 0.5) is 0 Å². The summed E-state index contributed by atoms with van der Waals surface area (Å²) in [6, 6.07) is 13.8. The van der Waals surface area contributed by atoms with Crippen LogP contribution in [0.5, 0.6) is 5.75 Å². The van der Waals surface area contributed by atoms with E-state index in [1.54, 1.807) is 42.5 Å².